The summed E-state index contributed by atoms with van der Waals surface area (Å²) >= 11 is 0. The van der Waals surface area contributed by atoms with Crippen LogP contribution in [0.3, 0.4) is 0 Å². The third-order valence-corrected chi connectivity index (χ3v) is 2.46. The van der Waals surface area contributed by atoms with Crippen LogP contribution in [0.2, 0.25) is 0 Å². The van der Waals surface area contributed by atoms with Gasteiger partial charge < -0.3 is 5.11 Å². The summed E-state index contributed by atoms with van der Waals surface area (Å²) < 4.78 is 0. The molecule has 0 aliphatic rings. The Morgan fingerprint density at radius 2 is 1.77 bits per heavy atom. The van der Waals surface area contributed by atoms with E-state index >= 15 is 0 Å². The van der Waals surface area contributed by atoms with Crippen LogP contribution in [0.15, 0.2) is 0 Å². The average molecular weight is 189 g/mol. The molecule has 4 nitrogen and oxygen atoms in total. The molecule has 0 radical (unpaired) electrons. The molecule has 0 bridgehead atoms. The van der Waals surface area contributed by atoms with Gasteiger partial charge >= 0.3 is 0 Å². The minimum atomic E-state index is -1.12. The predicted octanol–water partition coefficient (Wildman–Crippen LogP) is 1.98. The number of hydrogen-bond acceptors (Lipinski definition) is 3. The van der Waals surface area contributed by atoms with Gasteiger partial charge in [0.05, 0.1) is 0 Å². The Balaban J connectivity index is 4.45. The molecule has 0 aliphatic carbocycles. The second kappa shape index (κ2) is 5.17. The molecule has 0 aliphatic heterocycles. The van der Waals surface area contributed by atoms with Gasteiger partial charge in [0.2, 0.25) is 6.04 Å². The number of aliphatic hydroxyl groups is 1. The lowest BCUT2D eigenvalue weighted by molar-refractivity contribution is -0.542. The Hall–Kier alpha value is -0.640. The molecule has 1 atom stereocenters. The van der Waals surface area contributed by atoms with E-state index in [0.29, 0.717) is 12.8 Å². The van der Waals surface area contributed by atoms with Crippen LogP contribution in [-0.4, -0.2) is 21.7 Å². The van der Waals surface area contributed by atoms with E-state index in [-0.39, 0.29) is 0 Å². The molecule has 0 saturated heterocycles. The molecule has 13 heavy (non-hydrogen) atoms. The summed E-state index contributed by atoms with van der Waals surface area (Å²) in [7, 11) is 0. The normalized spacial score (nSPS) is 14.2. The monoisotopic (exact) mass is 189 g/mol. The highest BCUT2D eigenvalue weighted by Crippen LogP contribution is 2.25. The third-order valence-electron chi connectivity index (χ3n) is 2.46. The van der Waals surface area contributed by atoms with Crippen molar-refractivity contribution in [3.05, 3.63) is 10.1 Å². The summed E-state index contributed by atoms with van der Waals surface area (Å²) in [5, 5.41) is 20.5. The Labute approximate surface area is 79.1 Å². The zero-order chi connectivity index (χ0) is 10.5. The molecule has 78 valence electrons. The van der Waals surface area contributed by atoms with Gasteiger partial charge in [-0.15, -0.1) is 0 Å². The van der Waals surface area contributed by atoms with E-state index in [1.165, 1.54) is 6.92 Å². The van der Waals surface area contributed by atoms with Gasteiger partial charge in [-0.2, -0.15) is 0 Å². The fourth-order valence-electron chi connectivity index (χ4n) is 1.60. The molecule has 0 heterocycles. The van der Waals surface area contributed by atoms with E-state index in [0.717, 1.165) is 12.8 Å². The number of rotatable bonds is 6. The highest BCUT2D eigenvalue weighted by atomic mass is 16.6. The van der Waals surface area contributed by atoms with Gasteiger partial charge in [-0.1, -0.05) is 26.7 Å². The number of nitrogens with zero attached hydrogens (tertiary/aromatic N) is 1. The van der Waals surface area contributed by atoms with Crippen LogP contribution in [-0.2, 0) is 0 Å². The van der Waals surface area contributed by atoms with Crippen molar-refractivity contribution in [3.8, 4) is 0 Å². The maximum Gasteiger partial charge on any atom is 0.238 e. The fourth-order valence-corrected chi connectivity index (χ4v) is 1.60. The Morgan fingerprint density at radius 1 is 1.38 bits per heavy atom. The van der Waals surface area contributed by atoms with Crippen LogP contribution in [0.4, 0.5) is 0 Å². The quantitative estimate of drug-likeness (QED) is 0.513. The van der Waals surface area contributed by atoms with Gasteiger partial charge in [-0.3, -0.25) is 10.1 Å². The lowest BCUT2D eigenvalue weighted by atomic mass is 9.86. The summed E-state index contributed by atoms with van der Waals surface area (Å²) in [5.74, 6) is 0. The summed E-state index contributed by atoms with van der Waals surface area (Å²) in [4.78, 5) is 10.1. The van der Waals surface area contributed by atoms with Crippen molar-refractivity contribution < 1.29 is 10.0 Å². The van der Waals surface area contributed by atoms with Crippen molar-refractivity contribution in [2.75, 3.05) is 0 Å². The summed E-state index contributed by atoms with van der Waals surface area (Å²) in [6, 6.07) is -0.868. The SMILES string of the molecule is CCCC(O)(CCC)C(C)[N+](=O)[O-]. The largest absolute Gasteiger partial charge is 0.383 e. The van der Waals surface area contributed by atoms with Crippen LogP contribution < -0.4 is 0 Å². The lowest BCUT2D eigenvalue weighted by Gasteiger charge is -2.27. The van der Waals surface area contributed by atoms with Crippen LogP contribution >= 0.6 is 0 Å². The second-order valence-corrected chi connectivity index (χ2v) is 3.56. The standard InChI is InChI=1S/C9H19NO3/c1-4-6-9(11,7-5-2)8(3)10(12)13/h8,11H,4-7H2,1-3H3. The molecule has 0 rings (SSSR count). The average Bonchev–Trinajstić information content (AvgIpc) is 2.03. The van der Waals surface area contributed by atoms with E-state index in [1.54, 1.807) is 0 Å². The molecule has 0 aromatic heterocycles. The molecular formula is C9H19NO3. The van der Waals surface area contributed by atoms with Crippen LogP contribution in [0.5, 0.6) is 0 Å². The van der Waals surface area contributed by atoms with E-state index in [1.807, 2.05) is 13.8 Å². The fraction of sp³-hybridized carbons (Fsp3) is 1.00. The van der Waals surface area contributed by atoms with Gasteiger partial charge in [0.1, 0.15) is 5.60 Å². The maximum absolute atomic E-state index is 10.5. The van der Waals surface area contributed by atoms with Gasteiger partial charge in [0, 0.05) is 11.8 Å². The Bertz CT molecular complexity index is 164. The molecule has 1 N–H and O–H groups in total. The van der Waals surface area contributed by atoms with Crippen molar-refractivity contribution in [1.82, 2.24) is 0 Å². The van der Waals surface area contributed by atoms with Gasteiger partial charge in [-0.25, -0.2) is 0 Å². The summed E-state index contributed by atoms with van der Waals surface area (Å²) in [6.07, 6.45) is 2.55. The van der Waals surface area contributed by atoms with E-state index < -0.39 is 16.6 Å². The van der Waals surface area contributed by atoms with Crippen molar-refractivity contribution >= 4 is 0 Å². The molecule has 0 saturated carbocycles. The minimum absolute atomic E-state index is 0.397. The zero-order valence-corrected chi connectivity index (χ0v) is 8.62. The molecule has 1 unspecified atom stereocenters. The smallest absolute Gasteiger partial charge is 0.238 e. The van der Waals surface area contributed by atoms with Crippen LogP contribution in [0.1, 0.15) is 46.5 Å². The number of nitro groups is 1. The predicted molar refractivity (Wildman–Crippen MR) is 51.2 cm³/mol. The Kier molecular flexibility index (Phi) is 4.91. The van der Waals surface area contributed by atoms with Gasteiger partial charge in [-0.05, 0) is 12.8 Å². The molecule has 4 heteroatoms. The second-order valence-electron chi connectivity index (χ2n) is 3.56. The summed E-state index contributed by atoms with van der Waals surface area (Å²) in [5.41, 5.74) is -1.12. The number of hydrogen-bond donors (Lipinski definition) is 1. The minimum Gasteiger partial charge on any atom is -0.383 e. The van der Waals surface area contributed by atoms with E-state index in [9.17, 15) is 15.2 Å². The van der Waals surface area contributed by atoms with E-state index in [4.69, 9.17) is 0 Å². The first-order valence-electron chi connectivity index (χ1n) is 4.83. The summed E-state index contributed by atoms with van der Waals surface area (Å²) in [6.45, 7) is 5.33. The highest BCUT2D eigenvalue weighted by molar-refractivity contribution is 4.83. The van der Waals surface area contributed by atoms with E-state index in [2.05, 4.69) is 0 Å². The third kappa shape index (κ3) is 3.30. The molecule has 0 aromatic rings. The Morgan fingerprint density at radius 3 is 2.00 bits per heavy atom. The molecule has 0 aromatic carbocycles. The van der Waals surface area contributed by atoms with Gasteiger partial charge in [0.15, 0.2) is 0 Å². The maximum atomic E-state index is 10.5. The first-order chi connectivity index (χ1) is 5.98. The van der Waals surface area contributed by atoms with Crippen LogP contribution in [0.25, 0.3) is 0 Å². The van der Waals surface area contributed by atoms with Gasteiger partial charge in [0.25, 0.3) is 0 Å². The molecule has 0 spiro atoms. The van der Waals surface area contributed by atoms with Crippen molar-refractivity contribution in [2.24, 2.45) is 0 Å². The molecular weight excluding hydrogens is 170 g/mol. The highest BCUT2D eigenvalue weighted by Gasteiger charge is 2.39. The van der Waals surface area contributed by atoms with Crippen molar-refractivity contribution in [1.29, 1.82) is 0 Å². The zero-order valence-electron chi connectivity index (χ0n) is 8.62. The topological polar surface area (TPSA) is 63.4 Å². The van der Waals surface area contributed by atoms with Crippen molar-refractivity contribution in [3.63, 3.8) is 0 Å². The van der Waals surface area contributed by atoms with Crippen molar-refractivity contribution in [2.45, 2.75) is 58.1 Å². The first kappa shape index (κ1) is 12.4. The molecule has 0 amide bonds. The van der Waals surface area contributed by atoms with Crippen LogP contribution in [0, 0.1) is 10.1 Å². The molecule has 0 fully saturated rings. The first-order valence-corrected chi connectivity index (χ1v) is 4.83. The lowest BCUT2D eigenvalue weighted by Crippen LogP contribution is -2.44.